The number of aromatic nitrogens is 2. The van der Waals surface area contributed by atoms with Gasteiger partial charge in [0.1, 0.15) is 0 Å². The highest BCUT2D eigenvalue weighted by molar-refractivity contribution is 5.03. The first-order chi connectivity index (χ1) is 7.52. The van der Waals surface area contributed by atoms with Crippen LogP contribution in [0.5, 0.6) is 0 Å². The molecule has 1 fully saturated rings. The number of hydrogen-bond acceptors (Lipinski definition) is 2. The van der Waals surface area contributed by atoms with E-state index in [1.807, 2.05) is 6.20 Å². The second-order valence-corrected chi connectivity index (χ2v) is 5.87. The van der Waals surface area contributed by atoms with E-state index in [-0.39, 0.29) is 0 Å². The van der Waals surface area contributed by atoms with Gasteiger partial charge in [0.2, 0.25) is 0 Å². The highest BCUT2D eigenvalue weighted by atomic mass is 15.3. The average molecular weight is 221 g/mol. The van der Waals surface area contributed by atoms with Crippen molar-refractivity contribution >= 4 is 0 Å². The lowest BCUT2D eigenvalue weighted by atomic mass is 9.73. The fraction of sp³-hybridized carbons (Fsp3) is 0.769. The zero-order valence-corrected chi connectivity index (χ0v) is 10.8. The molecule has 0 bridgehead atoms. The SMILES string of the molecule is CNC1CCC(C)(C)CC1n1cc(C)cn1. The molecule has 1 aliphatic carbocycles. The molecule has 0 radical (unpaired) electrons. The zero-order chi connectivity index (χ0) is 11.8. The van der Waals surface area contributed by atoms with Gasteiger partial charge >= 0.3 is 0 Å². The van der Waals surface area contributed by atoms with Gasteiger partial charge in [0.25, 0.3) is 0 Å². The van der Waals surface area contributed by atoms with E-state index in [4.69, 9.17) is 0 Å². The third kappa shape index (κ3) is 2.29. The van der Waals surface area contributed by atoms with Crippen LogP contribution in [0.15, 0.2) is 12.4 Å². The van der Waals surface area contributed by atoms with Gasteiger partial charge in [-0.05, 0) is 44.2 Å². The van der Waals surface area contributed by atoms with Crippen LogP contribution in [0.2, 0.25) is 0 Å². The third-order valence-corrected chi connectivity index (χ3v) is 3.80. The van der Waals surface area contributed by atoms with Gasteiger partial charge in [-0.15, -0.1) is 0 Å². The number of likely N-dealkylation sites (N-methyl/N-ethyl adjacent to an activating group) is 1. The van der Waals surface area contributed by atoms with E-state index in [2.05, 4.69) is 49.1 Å². The molecule has 1 aliphatic rings. The van der Waals surface area contributed by atoms with Crippen molar-refractivity contribution in [2.24, 2.45) is 5.41 Å². The first-order valence-electron chi connectivity index (χ1n) is 6.20. The molecule has 1 aromatic rings. The Kier molecular flexibility index (Phi) is 3.06. The maximum absolute atomic E-state index is 4.48. The van der Waals surface area contributed by atoms with Gasteiger partial charge in [0.15, 0.2) is 0 Å². The Bertz CT molecular complexity index is 354. The van der Waals surface area contributed by atoms with E-state index >= 15 is 0 Å². The Morgan fingerprint density at radius 1 is 1.50 bits per heavy atom. The Morgan fingerprint density at radius 2 is 2.25 bits per heavy atom. The van der Waals surface area contributed by atoms with Crippen molar-refractivity contribution in [2.75, 3.05) is 7.05 Å². The first-order valence-corrected chi connectivity index (χ1v) is 6.20. The van der Waals surface area contributed by atoms with E-state index < -0.39 is 0 Å². The topological polar surface area (TPSA) is 29.9 Å². The molecule has 2 unspecified atom stereocenters. The lowest BCUT2D eigenvalue weighted by molar-refractivity contribution is 0.138. The van der Waals surface area contributed by atoms with Crippen molar-refractivity contribution in [1.29, 1.82) is 0 Å². The maximum atomic E-state index is 4.48. The molecule has 3 heteroatoms. The highest BCUT2D eigenvalue weighted by Crippen LogP contribution is 2.40. The summed E-state index contributed by atoms with van der Waals surface area (Å²) in [6.07, 6.45) is 7.87. The molecular weight excluding hydrogens is 198 g/mol. The van der Waals surface area contributed by atoms with Crippen molar-refractivity contribution in [2.45, 2.75) is 52.1 Å². The minimum Gasteiger partial charge on any atom is -0.315 e. The van der Waals surface area contributed by atoms with E-state index in [0.717, 1.165) is 0 Å². The molecule has 1 heterocycles. The van der Waals surface area contributed by atoms with E-state index in [1.165, 1.54) is 24.8 Å². The van der Waals surface area contributed by atoms with Crippen LogP contribution in [0.25, 0.3) is 0 Å². The van der Waals surface area contributed by atoms with Crippen LogP contribution < -0.4 is 5.32 Å². The molecule has 16 heavy (non-hydrogen) atoms. The normalized spacial score (nSPS) is 29.2. The second-order valence-electron chi connectivity index (χ2n) is 5.87. The molecule has 3 nitrogen and oxygen atoms in total. The molecule has 1 N–H and O–H groups in total. The Morgan fingerprint density at radius 3 is 2.81 bits per heavy atom. The van der Waals surface area contributed by atoms with Gasteiger partial charge in [-0.2, -0.15) is 5.10 Å². The molecular formula is C13H23N3. The Labute approximate surface area is 98.2 Å². The van der Waals surface area contributed by atoms with Crippen LogP contribution in [0.3, 0.4) is 0 Å². The predicted octanol–water partition coefficient (Wildman–Crippen LogP) is 2.53. The molecule has 0 aliphatic heterocycles. The number of nitrogens with one attached hydrogen (secondary N) is 1. The number of hydrogen-bond donors (Lipinski definition) is 1. The smallest absolute Gasteiger partial charge is 0.0677 e. The van der Waals surface area contributed by atoms with Crippen LogP contribution in [-0.2, 0) is 0 Å². The minimum absolute atomic E-state index is 0.442. The fourth-order valence-electron chi connectivity index (χ4n) is 2.78. The van der Waals surface area contributed by atoms with Gasteiger partial charge in [0.05, 0.1) is 12.2 Å². The van der Waals surface area contributed by atoms with Gasteiger partial charge in [-0.25, -0.2) is 0 Å². The quantitative estimate of drug-likeness (QED) is 0.831. The van der Waals surface area contributed by atoms with Gasteiger partial charge in [-0.1, -0.05) is 13.8 Å². The van der Waals surface area contributed by atoms with Crippen LogP contribution in [-0.4, -0.2) is 22.9 Å². The van der Waals surface area contributed by atoms with Crippen LogP contribution >= 0.6 is 0 Å². The summed E-state index contributed by atoms with van der Waals surface area (Å²) in [4.78, 5) is 0. The van der Waals surface area contributed by atoms with Crippen molar-refractivity contribution < 1.29 is 0 Å². The van der Waals surface area contributed by atoms with Crippen molar-refractivity contribution in [3.05, 3.63) is 18.0 Å². The number of nitrogens with zero attached hydrogens (tertiary/aromatic N) is 2. The molecule has 1 saturated carbocycles. The van der Waals surface area contributed by atoms with Gasteiger partial charge in [-0.3, -0.25) is 4.68 Å². The summed E-state index contributed by atoms with van der Waals surface area (Å²) < 4.78 is 2.15. The zero-order valence-electron chi connectivity index (χ0n) is 10.8. The summed E-state index contributed by atoms with van der Waals surface area (Å²) in [7, 11) is 2.06. The minimum atomic E-state index is 0.442. The standard InChI is InChI=1S/C13H23N3/c1-10-8-15-16(9-10)12-7-13(2,3)6-5-11(12)14-4/h8-9,11-12,14H,5-7H2,1-4H3. The lowest BCUT2D eigenvalue weighted by Crippen LogP contribution is -2.42. The van der Waals surface area contributed by atoms with Gasteiger partial charge < -0.3 is 5.32 Å². The summed E-state index contributed by atoms with van der Waals surface area (Å²) in [6, 6.07) is 1.06. The molecule has 0 spiro atoms. The molecule has 0 saturated heterocycles. The fourth-order valence-corrected chi connectivity index (χ4v) is 2.78. The van der Waals surface area contributed by atoms with Crippen LogP contribution in [0, 0.1) is 12.3 Å². The summed E-state index contributed by atoms with van der Waals surface area (Å²) in [5, 5.41) is 7.92. The lowest BCUT2D eigenvalue weighted by Gasteiger charge is -2.40. The van der Waals surface area contributed by atoms with Crippen molar-refractivity contribution in [3.63, 3.8) is 0 Å². The van der Waals surface area contributed by atoms with E-state index in [0.29, 0.717) is 17.5 Å². The summed E-state index contributed by atoms with van der Waals surface area (Å²) >= 11 is 0. The molecule has 90 valence electrons. The molecule has 2 rings (SSSR count). The summed E-state index contributed by atoms with van der Waals surface area (Å²) in [5.41, 5.74) is 1.69. The van der Waals surface area contributed by atoms with E-state index in [9.17, 15) is 0 Å². The van der Waals surface area contributed by atoms with Crippen LogP contribution in [0.4, 0.5) is 0 Å². The first kappa shape index (κ1) is 11.6. The van der Waals surface area contributed by atoms with Crippen molar-refractivity contribution in [3.8, 4) is 0 Å². The number of rotatable bonds is 2. The monoisotopic (exact) mass is 221 g/mol. The highest BCUT2D eigenvalue weighted by Gasteiger charge is 2.35. The van der Waals surface area contributed by atoms with E-state index in [1.54, 1.807) is 0 Å². The van der Waals surface area contributed by atoms with Crippen molar-refractivity contribution in [1.82, 2.24) is 15.1 Å². The molecule has 0 aromatic carbocycles. The molecule has 2 atom stereocenters. The Hall–Kier alpha value is -0.830. The largest absolute Gasteiger partial charge is 0.315 e. The molecule has 0 amide bonds. The van der Waals surface area contributed by atoms with Crippen LogP contribution in [0.1, 0.15) is 44.7 Å². The summed E-state index contributed by atoms with van der Waals surface area (Å²) in [5.74, 6) is 0. The maximum Gasteiger partial charge on any atom is 0.0677 e. The number of aryl methyl sites for hydroxylation is 1. The third-order valence-electron chi connectivity index (χ3n) is 3.80. The predicted molar refractivity (Wildman–Crippen MR) is 66.5 cm³/mol. The summed E-state index contributed by atoms with van der Waals surface area (Å²) in [6.45, 7) is 6.83. The second kappa shape index (κ2) is 4.21. The average Bonchev–Trinajstić information content (AvgIpc) is 2.64. The Balaban J connectivity index is 2.21. The van der Waals surface area contributed by atoms with Gasteiger partial charge in [0, 0.05) is 12.2 Å². The molecule has 1 aromatic heterocycles.